The van der Waals surface area contributed by atoms with E-state index in [0.29, 0.717) is 11.1 Å². The first-order valence-corrected chi connectivity index (χ1v) is 9.31. The largest absolute Gasteiger partial charge is 0.506 e. The molecule has 1 amide bonds. The highest BCUT2D eigenvalue weighted by molar-refractivity contribution is 6.32. The Bertz CT molecular complexity index is 1120. The van der Waals surface area contributed by atoms with E-state index in [4.69, 9.17) is 16.3 Å². The zero-order chi connectivity index (χ0) is 22.4. The molecule has 0 unspecified atom stereocenters. The summed E-state index contributed by atoms with van der Waals surface area (Å²) >= 11 is 5.77. The molecule has 0 bridgehead atoms. The number of phenolic OH excluding ortho intramolecular Hbond substituents is 1. The van der Waals surface area contributed by atoms with Gasteiger partial charge in [-0.3, -0.25) is 4.79 Å². The number of hydrazone groups is 1. The molecule has 9 heteroatoms. The third-order valence-electron chi connectivity index (χ3n) is 4.11. The normalized spacial score (nSPS) is 11.5. The molecule has 0 aliphatic carbocycles. The molecule has 0 aromatic heterocycles. The molecule has 0 spiro atoms. The maximum absolute atomic E-state index is 12.8. The van der Waals surface area contributed by atoms with Crippen LogP contribution in [0.15, 0.2) is 71.8 Å². The highest BCUT2D eigenvalue weighted by atomic mass is 35.5. The summed E-state index contributed by atoms with van der Waals surface area (Å²) in [6.07, 6.45) is -3.03. The van der Waals surface area contributed by atoms with E-state index in [1.807, 2.05) is 0 Å². The summed E-state index contributed by atoms with van der Waals surface area (Å²) in [5.41, 5.74) is 3.14. The number of nitrogens with one attached hydrogen (secondary N) is 1. The van der Waals surface area contributed by atoms with Crippen molar-refractivity contribution >= 4 is 23.7 Å². The zero-order valence-electron chi connectivity index (χ0n) is 15.9. The molecule has 31 heavy (non-hydrogen) atoms. The average molecular weight is 449 g/mol. The van der Waals surface area contributed by atoms with Crippen LogP contribution in [0.25, 0.3) is 0 Å². The Balaban J connectivity index is 1.60. The van der Waals surface area contributed by atoms with Crippen molar-refractivity contribution in [2.45, 2.75) is 12.8 Å². The maximum atomic E-state index is 12.8. The van der Waals surface area contributed by atoms with Gasteiger partial charge in [-0.1, -0.05) is 35.9 Å². The second kappa shape index (κ2) is 9.53. The predicted octanol–water partition coefficient (Wildman–Crippen LogP) is 5.41. The number of hydrogen-bond acceptors (Lipinski definition) is 4. The van der Waals surface area contributed by atoms with Crippen molar-refractivity contribution in [2.75, 3.05) is 0 Å². The average Bonchev–Trinajstić information content (AvgIpc) is 2.74. The minimum absolute atomic E-state index is 0.0464. The van der Waals surface area contributed by atoms with Gasteiger partial charge in [-0.05, 0) is 53.6 Å². The molecule has 0 aliphatic rings. The lowest BCUT2D eigenvalue weighted by Gasteiger charge is -2.10. The van der Waals surface area contributed by atoms with E-state index in [1.165, 1.54) is 36.5 Å². The molecule has 2 N–H and O–H groups in total. The monoisotopic (exact) mass is 448 g/mol. The minimum Gasteiger partial charge on any atom is -0.506 e. The van der Waals surface area contributed by atoms with Gasteiger partial charge < -0.3 is 9.84 Å². The van der Waals surface area contributed by atoms with E-state index in [9.17, 15) is 23.1 Å². The fraction of sp³-hybridized carbons (Fsp3) is 0.0909. The second-order valence-electron chi connectivity index (χ2n) is 6.42. The Labute approximate surface area is 180 Å². The fourth-order valence-electron chi connectivity index (χ4n) is 2.57. The van der Waals surface area contributed by atoms with Crippen LogP contribution in [0.2, 0.25) is 5.02 Å². The van der Waals surface area contributed by atoms with E-state index in [0.717, 1.165) is 12.1 Å². The highest BCUT2D eigenvalue weighted by Gasteiger charge is 2.30. The van der Waals surface area contributed by atoms with Crippen molar-refractivity contribution in [3.05, 3.63) is 94.0 Å². The first-order chi connectivity index (χ1) is 14.7. The maximum Gasteiger partial charge on any atom is 0.416 e. The molecule has 3 aromatic carbocycles. The summed E-state index contributed by atoms with van der Waals surface area (Å²) < 4.78 is 43.8. The van der Waals surface area contributed by atoms with Crippen molar-refractivity contribution in [2.24, 2.45) is 5.10 Å². The van der Waals surface area contributed by atoms with Gasteiger partial charge in [0.25, 0.3) is 5.91 Å². The molecule has 3 rings (SSSR count). The third-order valence-corrected chi connectivity index (χ3v) is 4.41. The number of phenols is 1. The second-order valence-corrected chi connectivity index (χ2v) is 6.83. The van der Waals surface area contributed by atoms with Crippen LogP contribution in [0.4, 0.5) is 13.2 Å². The summed E-state index contributed by atoms with van der Waals surface area (Å²) in [6, 6.07) is 15.6. The quantitative estimate of drug-likeness (QED) is 0.391. The first kappa shape index (κ1) is 22.2. The summed E-state index contributed by atoms with van der Waals surface area (Å²) in [7, 11) is 0. The van der Waals surface area contributed by atoms with E-state index in [-0.39, 0.29) is 28.7 Å². The van der Waals surface area contributed by atoms with Crippen LogP contribution < -0.4 is 10.2 Å². The van der Waals surface area contributed by atoms with E-state index in [2.05, 4.69) is 10.5 Å². The van der Waals surface area contributed by atoms with Crippen LogP contribution >= 0.6 is 11.6 Å². The van der Waals surface area contributed by atoms with Crippen molar-refractivity contribution in [1.29, 1.82) is 0 Å². The van der Waals surface area contributed by atoms with Crippen molar-refractivity contribution in [3.63, 3.8) is 0 Å². The van der Waals surface area contributed by atoms with E-state index in [1.54, 1.807) is 24.3 Å². The Morgan fingerprint density at radius 1 is 1.10 bits per heavy atom. The fourth-order valence-corrected chi connectivity index (χ4v) is 2.75. The van der Waals surface area contributed by atoms with Crippen LogP contribution in [0.1, 0.15) is 27.0 Å². The molecule has 0 radical (unpaired) electrons. The number of nitrogens with zero attached hydrogens (tertiary/aromatic N) is 1. The van der Waals surface area contributed by atoms with Crippen molar-refractivity contribution in [3.8, 4) is 11.5 Å². The molecule has 0 fully saturated rings. The Morgan fingerprint density at radius 2 is 1.87 bits per heavy atom. The van der Waals surface area contributed by atoms with Crippen LogP contribution in [-0.2, 0) is 12.8 Å². The molecular formula is C22H16ClF3N2O3. The number of aromatic hydroxyl groups is 1. The number of halogens is 4. The molecule has 3 aromatic rings. The van der Waals surface area contributed by atoms with E-state index < -0.39 is 17.6 Å². The molecule has 0 atom stereocenters. The Hall–Kier alpha value is -3.52. The molecule has 0 heterocycles. The van der Waals surface area contributed by atoms with Gasteiger partial charge in [0.1, 0.15) is 18.1 Å². The van der Waals surface area contributed by atoms with Gasteiger partial charge in [-0.25, -0.2) is 5.43 Å². The van der Waals surface area contributed by atoms with E-state index >= 15 is 0 Å². The lowest BCUT2D eigenvalue weighted by molar-refractivity contribution is -0.137. The number of ether oxygens (including phenoxy) is 1. The first-order valence-electron chi connectivity index (χ1n) is 8.93. The van der Waals surface area contributed by atoms with Gasteiger partial charge in [-0.15, -0.1) is 0 Å². The lowest BCUT2D eigenvalue weighted by Crippen LogP contribution is -2.17. The van der Waals surface area contributed by atoms with Crippen LogP contribution in [0, 0.1) is 0 Å². The van der Waals surface area contributed by atoms with Crippen molar-refractivity contribution in [1.82, 2.24) is 5.43 Å². The van der Waals surface area contributed by atoms with Crippen LogP contribution in [-0.4, -0.2) is 17.2 Å². The zero-order valence-corrected chi connectivity index (χ0v) is 16.6. The van der Waals surface area contributed by atoms with Gasteiger partial charge in [0.2, 0.25) is 0 Å². The molecule has 0 aliphatic heterocycles. The number of benzene rings is 3. The van der Waals surface area contributed by atoms with Gasteiger partial charge in [0.15, 0.2) is 0 Å². The van der Waals surface area contributed by atoms with Gasteiger partial charge in [-0.2, -0.15) is 18.3 Å². The number of carbonyl (C=O) groups is 1. The predicted molar refractivity (Wildman–Crippen MR) is 110 cm³/mol. The minimum atomic E-state index is -4.44. The van der Waals surface area contributed by atoms with Crippen LogP contribution in [0.5, 0.6) is 11.5 Å². The Kier molecular flexibility index (Phi) is 6.81. The lowest BCUT2D eigenvalue weighted by atomic mass is 10.1. The number of amides is 1. The molecule has 0 saturated carbocycles. The summed E-state index contributed by atoms with van der Waals surface area (Å²) in [5.74, 6) is -0.540. The summed E-state index contributed by atoms with van der Waals surface area (Å²) in [4.78, 5) is 12.1. The smallest absolute Gasteiger partial charge is 0.416 e. The van der Waals surface area contributed by atoms with Gasteiger partial charge >= 0.3 is 6.18 Å². The number of carbonyl (C=O) groups excluding carboxylic acids is 1. The highest BCUT2D eigenvalue weighted by Crippen LogP contribution is 2.31. The number of hydrogen-bond donors (Lipinski definition) is 2. The molecule has 5 nitrogen and oxygen atoms in total. The van der Waals surface area contributed by atoms with Gasteiger partial charge in [0, 0.05) is 5.56 Å². The standard InChI is InChI=1S/C22H16ClF3N2O3/c23-19-10-16(7-8-20(19)29)21(30)28-27-12-14-3-1-4-15(9-14)13-31-18-6-2-5-17(11-18)22(24,25)26/h1-12,29H,13H2,(H,28,30)/b27-12+. The number of alkyl halides is 3. The third kappa shape index (κ3) is 6.23. The van der Waals surface area contributed by atoms with Crippen LogP contribution in [0.3, 0.4) is 0 Å². The SMILES string of the molecule is O=C(N/N=C/c1cccc(COc2cccc(C(F)(F)F)c2)c1)c1ccc(O)c(Cl)c1. The molecule has 0 saturated heterocycles. The summed E-state index contributed by atoms with van der Waals surface area (Å²) in [6.45, 7) is 0.0569. The topological polar surface area (TPSA) is 70.9 Å². The number of rotatable bonds is 6. The molecule has 160 valence electrons. The molecular weight excluding hydrogens is 433 g/mol. The van der Waals surface area contributed by atoms with Crippen molar-refractivity contribution < 1.29 is 27.8 Å². The summed E-state index contributed by atoms with van der Waals surface area (Å²) in [5, 5.41) is 13.3. The Morgan fingerprint density at radius 3 is 2.61 bits per heavy atom. The van der Waals surface area contributed by atoms with Gasteiger partial charge in [0.05, 0.1) is 16.8 Å².